The first-order valence-electron chi connectivity index (χ1n) is 4.64. The fourth-order valence-electron chi connectivity index (χ4n) is 1.15. The van der Waals surface area contributed by atoms with Crippen molar-refractivity contribution in [1.29, 1.82) is 0 Å². The molecule has 1 N–H and O–H groups in total. The summed E-state index contributed by atoms with van der Waals surface area (Å²) in [5.74, 6) is -1.57. The minimum Gasteiger partial charge on any atom is -0.480 e. The molecule has 0 aliphatic rings. The van der Waals surface area contributed by atoms with E-state index in [1.807, 2.05) is 0 Å². The molecule has 6 nitrogen and oxygen atoms in total. The van der Waals surface area contributed by atoms with Crippen LogP contribution in [0, 0.1) is 0 Å². The molecule has 0 radical (unpaired) electrons. The molecule has 1 aromatic heterocycles. The third-order valence-electron chi connectivity index (χ3n) is 1.94. The number of hydrogen-bond acceptors (Lipinski definition) is 4. The Morgan fingerprint density at radius 2 is 2.12 bits per heavy atom. The minimum atomic E-state index is -1.09. The molecule has 1 heterocycles. The quantitative estimate of drug-likeness (QED) is 0.790. The summed E-state index contributed by atoms with van der Waals surface area (Å²) in [4.78, 5) is 34.0. The topological polar surface area (TPSA) is 87.8 Å². The summed E-state index contributed by atoms with van der Waals surface area (Å²) in [6, 6.07) is 2.42. The van der Waals surface area contributed by atoms with Crippen molar-refractivity contribution in [2.24, 2.45) is 0 Å². The van der Waals surface area contributed by atoms with Crippen molar-refractivity contribution in [2.45, 2.75) is 6.92 Å². The van der Waals surface area contributed by atoms with E-state index in [2.05, 4.69) is 4.42 Å². The van der Waals surface area contributed by atoms with Crippen molar-refractivity contribution < 1.29 is 19.1 Å². The zero-order valence-corrected chi connectivity index (χ0v) is 8.67. The van der Waals surface area contributed by atoms with Gasteiger partial charge in [0.2, 0.25) is 0 Å². The minimum absolute atomic E-state index is 0.155. The second kappa shape index (κ2) is 5.11. The predicted molar refractivity (Wildman–Crippen MR) is 54.2 cm³/mol. The summed E-state index contributed by atoms with van der Waals surface area (Å²) in [7, 11) is 0. The van der Waals surface area contributed by atoms with E-state index in [1.54, 1.807) is 6.92 Å². The lowest BCUT2D eigenvalue weighted by Crippen LogP contribution is -2.35. The molecule has 1 rings (SSSR count). The van der Waals surface area contributed by atoms with E-state index in [0.29, 0.717) is 0 Å². The zero-order chi connectivity index (χ0) is 12.1. The largest absolute Gasteiger partial charge is 0.480 e. The van der Waals surface area contributed by atoms with Gasteiger partial charge < -0.3 is 14.4 Å². The van der Waals surface area contributed by atoms with E-state index in [4.69, 9.17) is 5.11 Å². The Balaban J connectivity index is 2.86. The smallest absolute Gasteiger partial charge is 0.335 e. The van der Waals surface area contributed by atoms with Gasteiger partial charge in [-0.15, -0.1) is 0 Å². The van der Waals surface area contributed by atoms with Crippen molar-refractivity contribution in [2.75, 3.05) is 13.1 Å². The molecule has 0 aromatic carbocycles. The highest BCUT2D eigenvalue weighted by Gasteiger charge is 2.17. The molecule has 1 aromatic rings. The van der Waals surface area contributed by atoms with Gasteiger partial charge in [0.1, 0.15) is 12.8 Å². The van der Waals surface area contributed by atoms with Crippen LogP contribution in [0.15, 0.2) is 27.6 Å². The van der Waals surface area contributed by atoms with Crippen LogP contribution in [0.1, 0.15) is 17.3 Å². The van der Waals surface area contributed by atoms with Gasteiger partial charge in [-0.2, -0.15) is 0 Å². The summed E-state index contributed by atoms with van der Waals surface area (Å²) in [5, 5.41) is 8.59. The average Bonchev–Trinajstić information content (AvgIpc) is 2.25. The molecular weight excluding hydrogens is 214 g/mol. The Hall–Kier alpha value is -2.11. The van der Waals surface area contributed by atoms with Crippen molar-refractivity contribution in [3.05, 3.63) is 34.4 Å². The number of carbonyl (C=O) groups excluding carboxylic acids is 1. The molecule has 0 saturated carbocycles. The number of aliphatic carboxylic acids is 1. The summed E-state index contributed by atoms with van der Waals surface area (Å²) < 4.78 is 4.53. The Kier molecular flexibility index (Phi) is 3.82. The number of carbonyl (C=O) groups is 2. The zero-order valence-electron chi connectivity index (χ0n) is 8.67. The molecule has 0 saturated heterocycles. The number of hydrogen-bond donors (Lipinski definition) is 1. The number of rotatable bonds is 4. The van der Waals surface area contributed by atoms with E-state index in [1.165, 1.54) is 6.07 Å². The molecule has 0 atom stereocenters. The number of likely N-dealkylation sites (N-methyl/N-ethyl adjacent to an activating group) is 1. The van der Waals surface area contributed by atoms with Gasteiger partial charge in [0.05, 0.1) is 5.56 Å². The lowest BCUT2D eigenvalue weighted by atomic mass is 10.2. The first kappa shape index (κ1) is 12.0. The second-order valence-corrected chi connectivity index (χ2v) is 3.06. The number of amides is 1. The van der Waals surface area contributed by atoms with Crippen LogP contribution in [0.25, 0.3) is 0 Å². The van der Waals surface area contributed by atoms with Gasteiger partial charge in [0.15, 0.2) is 0 Å². The van der Waals surface area contributed by atoms with Gasteiger partial charge >= 0.3 is 11.6 Å². The molecule has 0 aliphatic heterocycles. The highest BCUT2D eigenvalue weighted by atomic mass is 16.4. The van der Waals surface area contributed by atoms with Gasteiger partial charge in [-0.05, 0) is 13.0 Å². The number of nitrogens with zero attached hydrogens (tertiary/aromatic N) is 1. The van der Waals surface area contributed by atoms with Gasteiger partial charge in [-0.3, -0.25) is 9.59 Å². The van der Waals surface area contributed by atoms with Gasteiger partial charge in [0.25, 0.3) is 5.91 Å². The second-order valence-electron chi connectivity index (χ2n) is 3.06. The summed E-state index contributed by atoms with van der Waals surface area (Å²) in [6.07, 6.45) is 1.02. The predicted octanol–water partition coefficient (Wildman–Crippen LogP) is 0.186. The van der Waals surface area contributed by atoms with E-state index >= 15 is 0 Å². The van der Waals surface area contributed by atoms with Crippen LogP contribution in [0.4, 0.5) is 0 Å². The summed E-state index contributed by atoms with van der Waals surface area (Å²) >= 11 is 0. The summed E-state index contributed by atoms with van der Waals surface area (Å²) in [6.45, 7) is 1.55. The Bertz CT molecular complexity index is 430. The molecule has 86 valence electrons. The maximum Gasteiger partial charge on any atom is 0.335 e. The van der Waals surface area contributed by atoms with E-state index < -0.39 is 17.5 Å². The van der Waals surface area contributed by atoms with Crippen LogP contribution >= 0.6 is 0 Å². The number of carboxylic acid groups (broad SMARTS) is 1. The lowest BCUT2D eigenvalue weighted by molar-refractivity contribution is -0.137. The standard InChI is InChI=1S/C10H11NO5/c1-2-11(5-8(12)13)10(15)7-3-4-9(14)16-6-7/h3-4,6H,2,5H2,1H3,(H,12,13). The molecule has 0 fully saturated rings. The molecule has 16 heavy (non-hydrogen) atoms. The fraction of sp³-hybridized carbons (Fsp3) is 0.300. The molecule has 0 unspecified atom stereocenters. The fourth-order valence-corrected chi connectivity index (χ4v) is 1.15. The van der Waals surface area contributed by atoms with Crippen LogP contribution in [0.2, 0.25) is 0 Å². The highest BCUT2D eigenvalue weighted by Crippen LogP contribution is 2.02. The molecule has 0 bridgehead atoms. The van der Waals surface area contributed by atoms with Crippen LogP contribution in [0.5, 0.6) is 0 Å². The maximum absolute atomic E-state index is 11.7. The highest BCUT2D eigenvalue weighted by molar-refractivity contribution is 5.95. The Morgan fingerprint density at radius 1 is 1.44 bits per heavy atom. The molecule has 0 aliphatic carbocycles. The SMILES string of the molecule is CCN(CC(=O)O)C(=O)c1ccc(=O)oc1. The van der Waals surface area contributed by atoms with E-state index in [-0.39, 0.29) is 18.7 Å². The van der Waals surface area contributed by atoms with Crippen LogP contribution in [-0.2, 0) is 4.79 Å². The third kappa shape index (κ3) is 2.94. The first-order valence-corrected chi connectivity index (χ1v) is 4.64. The Labute approximate surface area is 91.1 Å². The third-order valence-corrected chi connectivity index (χ3v) is 1.94. The molecule has 6 heteroatoms. The maximum atomic E-state index is 11.7. The lowest BCUT2D eigenvalue weighted by Gasteiger charge is -2.17. The normalized spacial score (nSPS) is 9.81. The van der Waals surface area contributed by atoms with E-state index in [0.717, 1.165) is 17.2 Å². The van der Waals surface area contributed by atoms with Crippen molar-refractivity contribution in [3.8, 4) is 0 Å². The van der Waals surface area contributed by atoms with Gasteiger partial charge in [-0.25, -0.2) is 4.79 Å². The van der Waals surface area contributed by atoms with Crippen LogP contribution in [0.3, 0.4) is 0 Å². The Morgan fingerprint density at radius 3 is 2.56 bits per heavy atom. The van der Waals surface area contributed by atoms with Crippen LogP contribution in [-0.4, -0.2) is 35.0 Å². The summed E-state index contributed by atoms with van der Waals surface area (Å²) in [5.41, 5.74) is -0.402. The van der Waals surface area contributed by atoms with E-state index in [9.17, 15) is 14.4 Å². The monoisotopic (exact) mass is 225 g/mol. The molecule has 1 amide bonds. The van der Waals surface area contributed by atoms with Gasteiger partial charge in [0, 0.05) is 12.6 Å². The first-order chi connectivity index (χ1) is 7.54. The molecular formula is C10H11NO5. The van der Waals surface area contributed by atoms with Crippen molar-refractivity contribution in [1.82, 2.24) is 4.90 Å². The van der Waals surface area contributed by atoms with Crippen molar-refractivity contribution >= 4 is 11.9 Å². The van der Waals surface area contributed by atoms with Crippen molar-refractivity contribution in [3.63, 3.8) is 0 Å². The number of carboxylic acids is 1. The van der Waals surface area contributed by atoms with Gasteiger partial charge in [-0.1, -0.05) is 0 Å². The molecule has 0 spiro atoms. The average molecular weight is 225 g/mol. The van der Waals surface area contributed by atoms with Crippen LogP contribution < -0.4 is 5.63 Å².